The van der Waals surface area contributed by atoms with Crippen molar-refractivity contribution in [1.82, 2.24) is 4.98 Å². The Morgan fingerprint density at radius 2 is 2.29 bits per heavy atom. The molecule has 0 radical (unpaired) electrons. The van der Waals surface area contributed by atoms with E-state index < -0.39 is 0 Å². The Morgan fingerprint density at radius 1 is 1.53 bits per heavy atom. The van der Waals surface area contributed by atoms with Gasteiger partial charge in [-0.2, -0.15) is 0 Å². The van der Waals surface area contributed by atoms with Crippen LogP contribution in [0.5, 0.6) is 5.75 Å². The summed E-state index contributed by atoms with van der Waals surface area (Å²) < 4.78 is 5.24. The first-order valence-corrected chi connectivity index (χ1v) is 5.67. The molecule has 90 valence electrons. The van der Waals surface area contributed by atoms with Gasteiger partial charge in [-0.3, -0.25) is 0 Å². The van der Waals surface area contributed by atoms with Gasteiger partial charge in [0.1, 0.15) is 5.75 Å². The molecule has 0 aliphatic carbocycles. The predicted octanol–water partition coefficient (Wildman–Crippen LogP) is 3.14. The molecule has 0 aliphatic heterocycles. The third kappa shape index (κ3) is 2.34. The molecule has 2 aromatic rings. The SMILES string of the molecule is C=C(C)C[C@H](N)c1c[nH]c2ccc(OC)cc12. The smallest absolute Gasteiger partial charge is 0.119 e. The van der Waals surface area contributed by atoms with Crippen LogP contribution in [0.25, 0.3) is 10.9 Å². The number of aromatic nitrogens is 1. The molecule has 1 aromatic heterocycles. The lowest BCUT2D eigenvalue weighted by molar-refractivity contribution is 0.415. The summed E-state index contributed by atoms with van der Waals surface area (Å²) in [6.45, 7) is 5.90. The lowest BCUT2D eigenvalue weighted by Crippen LogP contribution is -2.09. The van der Waals surface area contributed by atoms with Crippen molar-refractivity contribution in [2.24, 2.45) is 5.73 Å². The number of hydrogen-bond acceptors (Lipinski definition) is 2. The molecular weight excluding hydrogens is 212 g/mol. The minimum Gasteiger partial charge on any atom is -0.497 e. The van der Waals surface area contributed by atoms with Crippen molar-refractivity contribution in [3.05, 3.63) is 42.1 Å². The average Bonchev–Trinajstić information content (AvgIpc) is 2.70. The highest BCUT2D eigenvalue weighted by molar-refractivity contribution is 5.85. The van der Waals surface area contributed by atoms with E-state index >= 15 is 0 Å². The number of nitrogens with one attached hydrogen (secondary N) is 1. The number of rotatable bonds is 4. The number of H-pyrrole nitrogens is 1. The molecule has 1 atom stereocenters. The molecule has 0 fully saturated rings. The molecule has 3 N–H and O–H groups in total. The van der Waals surface area contributed by atoms with Crippen LogP contribution in [0.3, 0.4) is 0 Å². The van der Waals surface area contributed by atoms with Crippen molar-refractivity contribution >= 4 is 10.9 Å². The van der Waals surface area contributed by atoms with E-state index in [0.29, 0.717) is 0 Å². The molecule has 2 rings (SSSR count). The monoisotopic (exact) mass is 230 g/mol. The van der Waals surface area contributed by atoms with Gasteiger partial charge in [0.25, 0.3) is 0 Å². The first-order chi connectivity index (χ1) is 8.11. The van der Waals surface area contributed by atoms with Gasteiger partial charge in [0.15, 0.2) is 0 Å². The molecule has 0 bridgehead atoms. The lowest BCUT2D eigenvalue weighted by Gasteiger charge is -2.10. The van der Waals surface area contributed by atoms with Gasteiger partial charge in [-0.05, 0) is 37.1 Å². The number of aromatic amines is 1. The van der Waals surface area contributed by atoms with E-state index in [1.807, 2.05) is 31.3 Å². The van der Waals surface area contributed by atoms with Crippen LogP contribution in [0.4, 0.5) is 0 Å². The molecule has 1 aromatic carbocycles. The fourth-order valence-corrected chi connectivity index (χ4v) is 2.04. The van der Waals surface area contributed by atoms with Crippen LogP contribution in [0.15, 0.2) is 36.5 Å². The third-order valence-corrected chi connectivity index (χ3v) is 2.89. The maximum Gasteiger partial charge on any atom is 0.119 e. The number of nitrogens with two attached hydrogens (primary N) is 1. The van der Waals surface area contributed by atoms with E-state index in [4.69, 9.17) is 10.5 Å². The van der Waals surface area contributed by atoms with Gasteiger partial charge in [-0.15, -0.1) is 6.58 Å². The Hall–Kier alpha value is -1.74. The highest BCUT2D eigenvalue weighted by Crippen LogP contribution is 2.29. The van der Waals surface area contributed by atoms with Gasteiger partial charge in [0.2, 0.25) is 0 Å². The number of hydrogen-bond donors (Lipinski definition) is 2. The normalized spacial score (nSPS) is 12.6. The lowest BCUT2D eigenvalue weighted by atomic mass is 10.0. The Labute approximate surface area is 101 Å². The summed E-state index contributed by atoms with van der Waals surface area (Å²) in [5.41, 5.74) is 9.46. The summed E-state index contributed by atoms with van der Waals surface area (Å²) in [6, 6.07) is 5.94. The number of fused-ring (bicyclic) bond motifs is 1. The summed E-state index contributed by atoms with van der Waals surface area (Å²) in [4.78, 5) is 3.23. The number of methoxy groups -OCH3 is 1. The summed E-state index contributed by atoms with van der Waals surface area (Å²) in [7, 11) is 1.67. The van der Waals surface area contributed by atoms with Crippen LogP contribution >= 0.6 is 0 Å². The molecular formula is C14H18N2O. The highest BCUT2D eigenvalue weighted by Gasteiger charge is 2.12. The van der Waals surface area contributed by atoms with Crippen LogP contribution in [0, 0.1) is 0 Å². The van der Waals surface area contributed by atoms with Crippen molar-refractivity contribution in [2.45, 2.75) is 19.4 Å². The molecule has 0 unspecified atom stereocenters. The first-order valence-electron chi connectivity index (χ1n) is 5.67. The number of ether oxygens (including phenoxy) is 1. The van der Waals surface area contributed by atoms with Gasteiger partial charge >= 0.3 is 0 Å². The quantitative estimate of drug-likeness (QED) is 0.793. The third-order valence-electron chi connectivity index (χ3n) is 2.89. The second-order valence-electron chi connectivity index (χ2n) is 4.42. The zero-order valence-electron chi connectivity index (χ0n) is 10.3. The zero-order valence-corrected chi connectivity index (χ0v) is 10.3. The molecule has 0 spiro atoms. The molecule has 0 amide bonds. The van der Waals surface area contributed by atoms with Crippen LogP contribution < -0.4 is 10.5 Å². The molecule has 1 heterocycles. The van der Waals surface area contributed by atoms with Crippen molar-refractivity contribution in [3.8, 4) is 5.75 Å². The van der Waals surface area contributed by atoms with E-state index in [1.165, 1.54) is 0 Å². The van der Waals surface area contributed by atoms with Crippen molar-refractivity contribution < 1.29 is 4.74 Å². The van der Waals surface area contributed by atoms with E-state index in [2.05, 4.69) is 11.6 Å². The standard InChI is InChI=1S/C14H18N2O/c1-9(2)6-13(15)12-8-16-14-5-4-10(17-3)7-11(12)14/h4-5,7-8,13,16H,1,6,15H2,2-3H3/t13-/m0/s1. The summed E-state index contributed by atoms with van der Waals surface area (Å²) in [5, 5.41) is 1.12. The van der Waals surface area contributed by atoms with Crippen LogP contribution in [0.2, 0.25) is 0 Å². The van der Waals surface area contributed by atoms with Gasteiger partial charge in [0, 0.05) is 23.1 Å². The highest BCUT2D eigenvalue weighted by atomic mass is 16.5. The maximum atomic E-state index is 6.18. The minimum absolute atomic E-state index is 0.0200. The Morgan fingerprint density at radius 3 is 2.94 bits per heavy atom. The second kappa shape index (κ2) is 4.63. The summed E-state index contributed by atoms with van der Waals surface area (Å²) in [5.74, 6) is 0.848. The molecule has 17 heavy (non-hydrogen) atoms. The first kappa shape index (κ1) is 11.7. The summed E-state index contributed by atoms with van der Waals surface area (Å²) in [6.07, 6.45) is 2.77. The number of benzene rings is 1. The Balaban J connectivity index is 2.43. The van der Waals surface area contributed by atoms with Gasteiger partial charge in [-0.25, -0.2) is 0 Å². The maximum absolute atomic E-state index is 6.18. The Kier molecular flexibility index (Phi) is 3.20. The molecule has 0 saturated heterocycles. The van der Waals surface area contributed by atoms with Crippen LogP contribution in [-0.2, 0) is 0 Å². The van der Waals surface area contributed by atoms with E-state index in [1.54, 1.807) is 7.11 Å². The predicted molar refractivity (Wildman–Crippen MR) is 71.2 cm³/mol. The summed E-state index contributed by atoms with van der Waals surface area (Å²) >= 11 is 0. The van der Waals surface area contributed by atoms with Crippen LogP contribution in [0.1, 0.15) is 24.9 Å². The largest absolute Gasteiger partial charge is 0.497 e. The average molecular weight is 230 g/mol. The van der Waals surface area contributed by atoms with Crippen molar-refractivity contribution in [2.75, 3.05) is 7.11 Å². The van der Waals surface area contributed by atoms with Gasteiger partial charge in [-0.1, -0.05) is 5.57 Å². The molecule has 3 heteroatoms. The second-order valence-corrected chi connectivity index (χ2v) is 4.42. The fraction of sp³-hybridized carbons (Fsp3) is 0.286. The van der Waals surface area contributed by atoms with E-state index in [9.17, 15) is 0 Å². The topological polar surface area (TPSA) is 51.0 Å². The van der Waals surface area contributed by atoms with Gasteiger partial charge in [0.05, 0.1) is 7.11 Å². The van der Waals surface area contributed by atoms with Crippen molar-refractivity contribution in [1.29, 1.82) is 0 Å². The fourth-order valence-electron chi connectivity index (χ4n) is 2.04. The Bertz CT molecular complexity index is 542. The minimum atomic E-state index is -0.0200. The van der Waals surface area contributed by atoms with Crippen molar-refractivity contribution in [3.63, 3.8) is 0 Å². The molecule has 0 saturated carbocycles. The zero-order chi connectivity index (χ0) is 12.4. The van der Waals surface area contributed by atoms with E-state index in [0.717, 1.165) is 34.2 Å². The molecule has 3 nitrogen and oxygen atoms in total. The van der Waals surface area contributed by atoms with E-state index in [-0.39, 0.29) is 6.04 Å². The van der Waals surface area contributed by atoms with Gasteiger partial charge < -0.3 is 15.5 Å². The molecule has 0 aliphatic rings. The van der Waals surface area contributed by atoms with Crippen LogP contribution in [-0.4, -0.2) is 12.1 Å².